The minimum absolute atomic E-state index is 0.0167. The molecule has 1 aliphatic rings. The van der Waals surface area contributed by atoms with Crippen LogP contribution in [0.15, 0.2) is 48.5 Å². The molecule has 4 aromatic rings. The fourth-order valence-electron chi connectivity index (χ4n) is 4.09. The third kappa shape index (κ3) is 3.73. The van der Waals surface area contributed by atoms with Gasteiger partial charge < -0.3 is 5.32 Å². The molecule has 0 aliphatic heterocycles. The van der Waals surface area contributed by atoms with Crippen molar-refractivity contribution < 1.29 is 13.2 Å². The Bertz CT molecular complexity index is 1250. The Hall–Kier alpha value is -3.42. The van der Waals surface area contributed by atoms with Crippen molar-refractivity contribution in [1.29, 1.82) is 0 Å². The average Bonchev–Trinajstić information content (AvgIpc) is 3.00. The van der Waals surface area contributed by atoms with Gasteiger partial charge in [0.05, 0.1) is 11.1 Å². The second kappa shape index (κ2) is 7.68. The number of H-pyrrole nitrogens is 1. The van der Waals surface area contributed by atoms with E-state index in [9.17, 15) is 13.2 Å². The maximum absolute atomic E-state index is 13.6. The normalized spacial score (nSPS) is 14.3. The van der Waals surface area contributed by atoms with Crippen LogP contribution in [0.25, 0.3) is 22.3 Å². The van der Waals surface area contributed by atoms with Gasteiger partial charge in [0.15, 0.2) is 11.6 Å². The third-order valence-electron chi connectivity index (χ3n) is 5.61. The van der Waals surface area contributed by atoms with Gasteiger partial charge in [-0.15, -0.1) is 0 Å². The van der Waals surface area contributed by atoms with Gasteiger partial charge in [-0.3, -0.25) is 5.10 Å². The van der Waals surface area contributed by atoms with E-state index in [1.54, 1.807) is 6.07 Å². The number of fused-ring (bicyclic) bond motifs is 2. The van der Waals surface area contributed by atoms with Gasteiger partial charge in [0, 0.05) is 22.2 Å². The lowest BCUT2D eigenvalue weighted by Gasteiger charge is -2.16. The van der Waals surface area contributed by atoms with Crippen LogP contribution in [0.1, 0.15) is 36.1 Å². The summed E-state index contributed by atoms with van der Waals surface area (Å²) in [6.45, 7) is 0. The summed E-state index contributed by atoms with van der Waals surface area (Å²) in [6, 6.07) is 13.1. The van der Waals surface area contributed by atoms with Crippen LogP contribution in [0.2, 0.25) is 0 Å². The molecule has 5 nitrogen and oxygen atoms in total. The van der Waals surface area contributed by atoms with E-state index in [0.29, 0.717) is 11.6 Å². The van der Waals surface area contributed by atoms with Crippen molar-refractivity contribution in [3.05, 3.63) is 65.4 Å². The van der Waals surface area contributed by atoms with Gasteiger partial charge in [0.2, 0.25) is 0 Å². The van der Waals surface area contributed by atoms with Crippen molar-refractivity contribution in [2.75, 3.05) is 5.32 Å². The van der Waals surface area contributed by atoms with Crippen LogP contribution in [-0.2, 0) is 19.0 Å². The zero-order valence-corrected chi connectivity index (χ0v) is 16.6. The summed E-state index contributed by atoms with van der Waals surface area (Å²) in [5.41, 5.74) is 1.88. The molecular formula is C23H20F3N5. The van der Waals surface area contributed by atoms with E-state index < -0.39 is 11.7 Å². The number of hydrogen-bond donors (Lipinski definition) is 2. The Morgan fingerprint density at radius 3 is 2.48 bits per heavy atom. The van der Waals surface area contributed by atoms with Crippen LogP contribution in [0.3, 0.4) is 0 Å². The number of aromatic nitrogens is 4. The molecule has 2 N–H and O–H groups in total. The molecule has 0 saturated carbocycles. The lowest BCUT2D eigenvalue weighted by molar-refractivity contribution is -0.137. The molecule has 8 heteroatoms. The average molecular weight is 423 g/mol. The summed E-state index contributed by atoms with van der Waals surface area (Å²) in [5.74, 6) is 1.20. The molecule has 0 bridgehead atoms. The van der Waals surface area contributed by atoms with Crippen LogP contribution < -0.4 is 5.32 Å². The highest BCUT2D eigenvalue weighted by molar-refractivity contribution is 5.91. The van der Waals surface area contributed by atoms with Gasteiger partial charge >= 0.3 is 6.18 Å². The van der Waals surface area contributed by atoms with Crippen molar-refractivity contribution in [2.24, 2.45) is 0 Å². The van der Waals surface area contributed by atoms with E-state index in [1.165, 1.54) is 12.1 Å². The van der Waals surface area contributed by atoms with E-state index in [2.05, 4.69) is 25.5 Å². The molecule has 0 radical (unpaired) electrons. The van der Waals surface area contributed by atoms with Crippen LogP contribution >= 0.6 is 0 Å². The van der Waals surface area contributed by atoms with Crippen molar-refractivity contribution in [2.45, 2.75) is 38.3 Å². The first-order valence-electron chi connectivity index (χ1n) is 10.3. The number of alkyl halides is 3. The molecule has 5 rings (SSSR count). The Morgan fingerprint density at radius 2 is 1.61 bits per heavy atom. The second-order valence-electron chi connectivity index (χ2n) is 7.67. The summed E-state index contributed by atoms with van der Waals surface area (Å²) in [6.07, 6.45) is 0.00454. The third-order valence-corrected chi connectivity index (χ3v) is 5.61. The summed E-state index contributed by atoms with van der Waals surface area (Å²) < 4.78 is 40.9. The van der Waals surface area contributed by atoms with Gasteiger partial charge in [-0.25, -0.2) is 9.97 Å². The Balaban J connectivity index is 1.66. The van der Waals surface area contributed by atoms with Gasteiger partial charge in [-0.1, -0.05) is 36.8 Å². The number of benzene rings is 2. The topological polar surface area (TPSA) is 66.5 Å². The van der Waals surface area contributed by atoms with E-state index in [-0.39, 0.29) is 11.4 Å². The molecule has 0 spiro atoms. The first-order valence-corrected chi connectivity index (χ1v) is 10.3. The lowest BCUT2D eigenvalue weighted by Crippen LogP contribution is -2.11. The monoisotopic (exact) mass is 423 g/mol. The molecule has 0 unspecified atom stereocenters. The predicted molar refractivity (Wildman–Crippen MR) is 113 cm³/mol. The minimum Gasteiger partial charge on any atom is -0.323 e. The fourth-order valence-corrected chi connectivity index (χ4v) is 4.09. The number of aromatic amines is 1. The molecule has 31 heavy (non-hydrogen) atoms. The molecule has 2 heterocycles. The molecule has 0 atom stereocenters. The zero-order valence-electron chi connectivity index (χ0n) is 16.6. The molecule has 0 amide bonds. The number of nitrogens with zero attached hydrogens (tertiary/aromatic N) is 3. The maximum Gasteiger partial charge on any atom is 0.417 e. The van der Waals surface area contributed by atoms with Crippen LogP contribution in [-0.4, -0.2) is 20.2 Å². The minimum atomic E-state index is -4.49. The standard InChI is InChI=1S/C23H20F3N5/c24-23(25,26)17-11-6-4-8-14(17)20-27-18-12-3-1-2-9-15(18)21(28-20)29-22-16-10-5-7-13-19(16)30-31-22/h4-8,10-11,13H,1-3,9,12H2,(H2,27,28,29,30,31). The fraction of sp³-hybridized carbons (Fsp3) is 0.261. The Morgan fingerprint density at radius 1 is 0.839 bits per heavy atom. The summed E-state index contributed by atoms with van der Waals surface area (Å²) in [4.78, 5) is 9.17. The van der Waals surface area contributed by atoms with Crippen LogP contribution in [0, 0.1) is 0 Å². The number of anilines is 2. The first kappa shape index (κ1) is 19.5. The number of para-hydroxylation sites is 1. The predicted octanol–water partition coefficient (Wildman–Crippen LogP) is 6.05. The Kier molecular flexibility index (Phi) is 4.84. The molecule has 0 fully saturated rings. The quantitative estimate of drug-likeness (QED) is 0.394. The van der Waals surface area contributed by atoms with Gasteiger partial charge in [-0.2, -0.15) is 18.3 Å². The van der Waals surface area contributed by atoms with E-state index in [4.69, 9.17) is 0 Å². The van der Waals surface area contributed by atoms with Crippen LogP contribution in [0.5, 0.6) is 0 Å². The zero-order chi connectivity index (χ0) is 21.4. The molecule has 2 aromatic heterocycles. The van der Waals surface area contributed by atoms with E-state index in [0.717, 1.165) is 60.3 Å². The number of hydrogen-bond acceptors (Lipinski definition) is 4. The molecule has 2 aromatic carbocycles. The highest BCUT2D eigenvalue weighted by atomic mass is 19.4. The van der Waals surface area contributed by atoms with Gasteiger partial charge in [0.1, 0.15) is 5.82 Å². The van der Waals surface area contributed by atoms with Crippen molar-refractivity contribution in [1.82, 2.24) is 20.2 Å². The number of rotatable bonds is 3. The highest BCUT2D eigenvalue weighted by Crippen LogP contribution is 2.37. The second-order valence-corrected chi connectivity index (χ2v) is 7.67. The molecule has 158 valence electrons. The molecular weight excluding hydrogens is 403 g/mol. The Labute approximate surface area is 176 Å². The summed E-state index contributed by atoms with van der Waals surface area (Å²) >= 11 is 0. The van der Waals surface area contributed by atoms with E-state index in [1.807, 2.05) is 24.3 Å². The molecule has 0 saturated heterocycles. The van der Waals surface area contributed by atoms with Gasteiger partial charge in [0.25, 0.3) is 0 Å². The van der Waals surface area contributed by atoms with Crippen molar-refractivity contribution >= 4 is 22.5 Å². The van der Waals surface area contributed by atoms with Crippen LogP contribution in [0.4, 0.5) is 24.8 Å². The largest absolute Gasteiger partial charge is 0.417 e. The van der Waals surface area contributed by atoms with Crippen molar-refractivity contribution in [3.8, 4) is 11.4 Å². The van der Waals surface area contributed by atoms with Crippen molar-refractivity contribution in [3.63, 3.8) is 0 Å². The number of nitrogens with one attached hydrogen (secondary N) is 2. The maximum atomic E-state index is 13.6. The smallest absolute Gasteiger partial charge is 0.323 e. The number of halogens is 3. The van der Waals surface area contributed by atoms with E-state index >= 15 is 0 Å². The highest BCUT2D eigenvalue weighted by Gasteiger charge is 2.34. The first-order chi connectivity index (χ1) is 15.0. The molecule has 1 aliphatic carbocycles. The van der Waals surface area contributed by atoms with Gasteiger partial charge in [-0.05, 0) is 43.9 Å². The SMILES string of the molecule is FC(F)(F)c1ccccc1-c1nc2c(c(Nc3n[nH]c4ccccc34)n1)CCCCC2. The number of aryl methyl sites for hydroxylation is 1. The summed E-state index contributed by atoms with van der Waals surface area (Å²) in [7, 11) is 0. The lowest BCUT2D eigenvalue weighted by atomic mass is 10.0. The summed E-state index contributed by atoms with van der Waals surface area (Å²) in [5, 5.41) is 11.5.